The van der Waals surface area contributed by atoms with Gasteiger partial charge in [-0.25, -0.2) is 9.98 Å². The van der Waals surface area contributed by atoms with Gasteiger partial charge in [0.2, 0.25) is 5.91 Å². The Labute approximate surface area is 172 Å². The van der Waals surface area contributed by atoms with E-state index in [4.69, 9.17) is 4.99 Å². The first-order chi connectivity index (χ1) is 14.2. The number of guanidine groups is 1. The van der Waals surface area contributed by atoms with Crippen LogP contribution < -0.4 is 10.6 Å². The molecule has 1 atom stereocenters. The highest BCUT2D eigenvalue weighted by Crippen LogP contribution is 2.36. The number of amides is 1. The van der Waals surface area contributed by atoms with Gasteiger partial charge in [-0.1, -0.05) is 24.3 Å². The van der Waals surface area contributed by atoms with Crippen LogP contribution >= 0.6 is 0 Å². The lowest BCUT2D eigenvalue weighted by molar-refractivity contribution is -0.119. The summed E-state index contributed by atoms with van der Waals surface area (Å²) in [6, 6.07) is 8.57. The van der Waals surface area contributed by atoms with Gasteiger partial charge in [0.05, 0.1) is 12.9 Å². The molecule has 2 N–H and O–H groups in total. The lowest BCUT2D eigenvalue weighted by atomic mass is 9.79. The number of nitrogens with one attached hydrogen (secondary N) is 2. The van der Waals surface area contributed by atoms with Crippen molar-refractivity contribution < 1.29 is 4.79 Å². The van der Waals surface area contributed by atoms with Gasteiger partial charge in [-0.3, -0.25) is 4.79 Å². The third-order valence-electron chi connectivity index (χ3n) is 5.82. The lowest BCUT2D eigenvalue weighted by Gasteiger charge is -2.40. The van der Waals surface area contributed by atoms with Crippen LogP contribution in [0.5, 0.6) is 0 Å². The Morgan fingerprint density at radius 3 is 3.03 bits per heavy atom. The topological polar surface area (TPSA) is 74.6 Å². The molecule has 2 aliphatic heterocycles. The molecule has 1 aromatic carbocycles. The first kappa shape index (κ1) is 19.5. The molecule has 3 heterocycles. The minimum absolute atomic E-state index is 0.0657. The molecule has 0 bridgehead atoms. The quantitative estimate of drug-likeness (QED) is 0.601. The number of hydrogen-bond donors (Lipinski definition) is 2. The molecule has 7 nitrogen and oxygen atoms in total. The van der Waals surface area contributed by atoms with Gasteiger partial charge in [-0.05, 0) is 30.9 Å². The molecule has 1 unspecified atom stereocenters. The Morgan fingerprint density at radius 1 is 1.38 bits per heavy atom. The van der Waals surface area contributed by atoms with Crippen LogP contribution in [0, 0.1) is 5.41 Å². The molecule has 1 aromatic heterocycles. The molecule has 154 valence electrons. The zero-order chi connectivity index (χ0) is 20.1. The summed E-state index contributed by atoms with van der Waals surface area (Å²) in [4.78, 5) is 23.2. The van der Waals surface area contributed by atoms with E-state index in [1.54, 1.807) is 6.20 Å². The summed E-state index contributed by atoms with van der Waals surface area (Å²) in [5.74, 6) is 1.13. The van der Waals surface area contributed by atoms with Crippen LogP contribution in [0.2, 0.25) is 0 Å². The monoisotopic (exact) mass is 394 g/mol. The zero-order valence-electron chi connectivity index (χ0n) is 17.1. The van der Waals surface area contributed by atoms with Gasteiger partial charge in [0.1, 0.15) is 0 Å². The molecule has 1 amide bonds. The normalized spacial score (nSPS) is 22.2. The van der Waals surface area contributed by atoms with Crippen molar-refractivity contribution in [2.75, 3.05) is 26.2 Å². The molecule has 7 heteroatoms. The smallest absolute Gasteiger partial charge is 0.220 e. The predicted molar refractivity (Wildman–Crippen MR) is 113 cm³/mol. The molecule has 2 saturated heterocycles. The maximum absolute atomic E-state index is 11.8. The van der Waals surface area contributed by atoms with Gasteiger partial charge in [-0.2, -0.15) is 0 Å². The number of piperidine rings is 1. The van der Waals surface area contributed by atoms with Crippen molar-refractivity contribution >= 4 is 11.9 Å². The second-order valence-electron chi connectivity index (χ2n) is 8.20. The number of rotatable bonds is 5. The van der Waals surface area contributed by atoms with Gasteiger partial charge in [0.25, 0.3) is 0 Å². The van der Waals surface area contributed by atoms with E-state index in [-0.39, 0.29) is 11.3 Å². The maximum Gasteiger partial charge on any atom is 0.220 e. The van der Waals surface area contributed by atoms with E-state index in [0.29, 0.717) is 13.0 Å². The number of benzene rings is 1. The Hall–Kier alpha value is -2.83. The largest absolute Gasteiger partial charge is 0.357 e. The third kappa shape index (κ3) is 4.78. The average molecular weight is 395 g/mol. The molecule has 29 heavy (non-hydrogen) atoms. The highest BCUT2D eigenvalue weighted by atomic mass is 16.1. The number of aliphatic imine (C=N–C) groups is 1. The van der Waals surface area contributed by atoms with Gasteiger partial charge >= 0.3 is 0 Å². The molecule has 2 aliphatic rings. The summed E-state index contributed by atoms with van der Waals surface area (Å²) >= 11 is 0. The SMILES string of the molecule is CCNC(=NCc1cccc(Cn2ccnc2)c1)N1CCCC2(CNC(=O)C2)C1. The summed E-state index contributed by atoms with van der Waals surface area (Å²) in [5, 5.41) is 6.47. The summed E-state index contributed by atoms with van der Waals surface area (Å²) < 4.78 is 2.07. The molecular formula is C22H30N6O. The Bertz CT molecular complexity index is 862. The number of hydrogen-bond acceptors (Lipinski definition) is 3. The summed E-state index contributed by atoms with van der Waals surface area (Å²) in [6.07, 6.45) is 8.46. The second kappa shape index (κ2) is 8.68. The molecule has 0 saturated carbocycles. The number of likely N-dealkylation sites (tertiary alicyclic amines) is 1. The Morgan fingerprint density at radius 2 is 2.28 bits per heavy atom. The second-order valence-corrected chi connectivity index (χ2v) is 8.20. The van der Waals surface area contributed by atoms with Gasteiger partial charge in [0.15, 0.2) is 5.96 Å². The Balaban J connectivity index is 1.45. The van der Waals surface area contributed by atoms with Crippen LogP contribution in [-0.4, -0.2) is 52.5 Å². The van der Waals surface area contributed by atoms with Gasteiger partial charge in [0, 0.05) is 57.0 Å². The first-order valence-corrected chi connectivity index (χ1v) is 10.5. The van der Waals surface area contributed by atoms with Crippen molar-refractivity contribution in [1.82, 2.24) is 25.1 Å². The highest BCUT2D eigenvalue weighted by Gasteiger charge is 2.42. The van der Waals surface area contributed by atoms with Crippen molar-refractivity contribution in [2.24, 2.45) is 10.4 Å². The first-order valence-electron chi connectivity index (χ1n) is 10.5. The molecule has 1 spiro atoms. The van der Waals surface area contributed by atoms with E-state index in [9.17, 15) is 4.79 Å². The fraction of sp³-hybridized carbons (Fsp3) is 0.500. The van der Waals surface area contributed by atoms with Crippen molar-refractivity contribution in [2.45, 2.75) is 39.3 Å². The van der Waals surface area contributed by atoms with E-state index in [1.807, 2.05) is 12.5 Å². The standard InChI is InChI=1S/C22H30N6O/c1-2-24-21(28-9-4-7-22(16-28)12-20(29)26-15-22)25-13-18-5-3-6-19(11-18)14-27-10-8-23-17-27/h3,5-6,8,10-11,17H,2,4,7,9,12-16H2,1H3,(H,24,25)(H,26,29). The molecular weight excluding hydrogens is 364 g/mol. The summed E-state index contributed by atoms with van der Waals surface area (Å²) in [5.41, 5.74) is 2.51. The fourth-order valence-electron chi connectivity index (χ4n) is 4.44. The van der Waals surface area contributed by atoms with E-state index in [2.05, 4.69) is 56.3 Å². The third-order valence-corrected chi connectivity index (χ3v) is 5.82. The van der Waals surface area contributed by atoms with E-state index >= 15 is 0 Å². The average Bonchev–Trinajstić information content (AvgIpc) is 3.35. The van der Waals surface area contributed by atoms with E-state index in [1.165, 1.54) is 11.1 Å². The van der Waals surface area contributed by atoms with Crippen LogP contribution in [0.1, 0.15) is 37.3 Å². The van der Waals surface area contributed by atoms with Crippen molar-refractivity contribution in [3.8, 4) is 0 Å². The minimum atomic E-state index is 0.0657. The lowest BCUT2D eigenvalue weighted by Crippen LogP contribution is -2.51. The van der Waals surface area contributed by atoms with Crippen molar-refractivity contribution in [3.05, 3.63) is 54.1 Å². The number of aromatic nitrogens is 2. The number of imidazole rings is 1. The van der Waals surface area contributed by atoms with Crippen LogP contribution in [0.25, 0.3) is 0 Å². The fourth-order valence-corrected chi connectivity index (χ4v) is 4.44. The summed E-state index contributed by atoms with van der Waals surface area (Å²) in [6.45, 7) is 7.05. The van der Waals surface area contributed by atoms with Crippen molar-refractivity contribution in [1.29, 1.82) is 0 Å². The van der Waals surface area contributed by atoms with Crippen LogP contribution in [0.4, 0.5) is 0 Å². The maximum atomic E-state index is 11.8. The van der Waals surface area contributed by atoms with Crippen LogP contribution in [0.3, 0.4) is 0 Å². The zero-order valence-corrected chi connectivity index (χ0v) is 17.1. The van der Waals surface area contributed by atoms with Gasteiger partial charge in [-0.15, -0.1) is 0 Å². The molecule has 0 aliphatic carbocycles. The molecule has 0 radical (unpaired) electrons. The number of carbonyl (C=O) groups excluding carboxylic acids is 1. The molecule has 2 aromatic rings. The minimum Gasteiger partial charge on any atom is -0.357 e. The van der Waals surface area contributed by atoms with E-state index in [0.717, 1.165) is 51.5 Å². The van der Waals surface area contributed by atoms with Gasteiger partial charge < -0.3 is 20.1 Å². The van der Waals surface area contributed by atoms with Crippen LogP contribution in [-0.2, 0) is 17.9 Å². The summed E-state index contributed by atoms with van der Waals surface area (Å²) in [7, 11) is 0. The highest BCUT2D eigenvalue weighted by molar-refractivity contribution is 5.81. The predicted octanol–water partition coefficient (Wildman–Crippen LogP) is 2.00. The number of nitrogens with zero attached hydrogens (tertiary/aromatic N) is 4. The molecule has 2 fully saturated rings. The number of carbonyl (C=O) groups is 1. The van der Waals surface area contributed by atoms with Crippen LogP contribution in [0.15, 0.2) is 48.0 Å². The van der Waals surface area contributed by atoms with E-state index < -0.39 is 0 Å². The Kier molecular flexibility index (Phi) is 5.83. The molecule has 4 rings (SSSR count). The van der Waals surface area contributed by atoms with Crippen molar-refractivity contribution in [3.63, 3.8) is 0 Å².